The lowest BCUT2D eigenvalue weighted by molar-refractivity contribution is 0.102. The first-order chi connectivity index (χ1) is 20.5. The first-order valence-electron chi connectivity index (χ1n) is 14.3. The summed E-state index contributed by atoms with van der Waals surface area (Å²) in [5, 5.41) is 0.670. The number of rotatable bonds is 5. The van der Waals surface area contributed by atoms with Crippen LogP contribution in [-0.2, 0) is 12.0 Å². The Kier molecular flexibility index (Phi) is 6.44. The highest BCUT2D eigenvalue weighted by Crippen LogP contribution is 2.42. The molecule has 0 radical (unpaired) electrons. The first kappa shape index (κ1) is 26.2. The Labute approximate surface area is 250 Å². The average molecular weight is 568 g/mol. The zero-order valence-corrected chi connectivity index (χ0v) is 24.3. The van der Waals surface area contributed by atoms with Gasteiger partial charge in [0, 0.05) is 22.5 Å². The van der Waals surface area contributed by atoms with Gasteiger partial charge in [0.05, 0.1) is 23.2 Å². The standard InChI is InChI=1S/C37H30ClN3O/c1-25-32-19-18-27(36(42)35(32)40-21-20-31(38)23-34(25)40)22-33-26(2)41(24-39-33)37(28-12-6-3-7-13-28,29-14-8-4-9-15-29)30-16-10-5-11-17-30/h3-17,20-24H,18-19H2,1-2H3. The van der Waals surface area contributed by atoms with Crippen molar-refractivity contribution < 1.29 is 4.79 Å². The van der Waals surface area contributed by atoms with Crippen LogP contribution in [-0.4, -0.2) is 19.7 Å². The predicted molar refractivity (Wildman–Crippen MR) is 169 cm³/mol. The summed E-state index contributed by atoms with van der Waals surface area (Å²) in [5.74, 6) is 0.0519. The van der Waals surface area contributed by atoms with Gasteiger partial charge in [-0.3, -0.25) is 4.79 Å². The van der Waals surface area contributed by atoms with E-state index in [1.807, 2.05) is 53.3 Å². The molecule has 1 aliphatic carbocycles. The molecule has 0 saturated heterocycles. The molecule has 0 spiro atoms. The summed E-state index contributed by atoms with van der Waals surface area (Å²) in [7, 11) is 0. The van der Waals surface area contributed by atoms with E-state index in [1.54, 1.807) is 0 Å². The van der Waals surface area contributed by atoms with Crippen molar-refractivity contribution in [1.82, 2.24) is 14.0 Å². The summed E-state index contributed by atoms with van der Waals surface area (Å²) < 4.78 is 4.25. The lowest BCUT2D eigenvalue weighted by atomic mass is 9.76. The van der Waals surface area contributed by atoms with Gasteiger partial charge >= 0.3 is 0 Å². The topological polar surface area (TPSA) is 39.3 Å². The highest BCUT2D eigenvalue weighted by atomic mass is 35.5. The van der Waals surface area contributed by atoms with E-state index in [0.29, 0.717) is 11.4 Å². The van der Waals surface area contributed by atoms with Crippen LogP contribution >= 0.6 is 11.6 Å². The summed E-state index contributed by atoms with van der Waals surface area (Å²) in [6, 6.07) is 35.5. The second-order valence-electron chi connectivity index (χ2n) is 10.9. The maximum absolute atomic E-state index is 14.0. The van der Waals surface area contributed by atoms with Gasteiger partial charge in [-0.15, -0.1) is 0 Å². The fourth-order valence-corrected chi connectivity index (χ4v) is 6.83. The van der Waals surface area contributed by atoms with Crippen LogP contribution in [0.25, 0.3) is 11.6 Å². The molecule has 0 aliphatic heterocycles. The molecule has 0 atom stereocenters. The van der Waals surface area contributed by atoms with Crippen molar-refractivity contribution in [1.29, 1.82) is 0 Å². The van der Waals surface area contributed by atoms with E-state index in [1.165, 1.54) is 0 Å². The molecule has 206 valence electrons. The number of nitrogens with zero attached hydrogens (tertiary/aromatic N) is 3. The van der Waals surface area contributed by atoms with Gasteiger partial charge in [-0.25, -0.2) is 4.98 Å². The molecule has 0 bridgehead atoms. The second kappa shape index (κ2) is 10.3. The molecule has 6 aromatic rings. The van der Waals surface area contributed by atoms with Crippen LogP contribution < -0.4 is 0 Å². The van der Waals surface area contributed by atoms with Crippen molar-refractivity contribution in [3.05, 3.63) is 171 Å². The van der Waals surface area contributed by atoms with Crippen LogP contribution in [0.15, 0.2) is 121 Å². The zero-order chi connectivity index (χ0) is 28.8. The molecular formula is C37H30ClN3O. The van der Waals surface area contributed by atoms with Gasteiger partial charge in [-0.05, 0) is 72.7 Å². The van der Waals surface area contributed by atoms with E-state index in [9.17, 15) is 4.79 Å². The molecule has 42 heavy (non-hydrogen) atoms. The number of carbonyl (C=O) groups excluding carboxylic acids is 1. The number of hydrogen-bond donors (Lipinski definition) is 0. The van der Waals surface area contributed by atoms with E-state index in [2.05, 4.69) is 91.2 Å². The maximum atomic E-state index is 14.0. The number of pyridine rings is 1. The highest BCUT2D eigenvalue weighted by molar-refractivity contribution is 6.31. The predicted octanol–water partition coefficient (Wildman–Crippen LogP) is 8.46. The molecule has 1 aliphatic rings. The Bertz CT molecular complexity index is 1870. The van der Waals surface area contributed by atoms with Crippen molar-refractivity contribution in [3.63, 3.8) is 0 Å². The fraction of sp³-hybridized carbons (Fsp3) is 0.135. The van der Waals surface area contributed by atoms with E-state index < -0.39 is 5.54 Å². The monoisotopic (exact) mass is 567 g/mol. The third-order valence-electron chi connectivity index (χ3n) is 8.72. The minimum absolute atomic E-state index is 0.0519. The molecule has 5 heteroatoms. The number of ketones is 1. The molecule has 3 aromatic carbocycles. The average Bonchev–Trinajstić information content (AvgIpc) is 3.53. The maximum Gasteiger partial charge on any atom is 0.206 e. The number of allylic oxidation sites excluding steroid dienone is 1. The van der Waals surface area contributed by atoms with Crippen molar-refractivity contribution >= 4 is 29.0 Å². The number of fused-ring (bicyclic) bond motifs is 3. The van der Waals surface area contributed by atoms with Gasteiger partial charge in [-0.1, -0.05) is 103 Å². The lowest BCUT2D eigenvalue weighted by Crippen LogP contribution is -2.38. The zero-order valence-electron chi connectivity index (χ0n) is 23.6. The Hall–Kier alpha value is -4.67. The molecule has 0 saturated carbocycles. The van der Waals surface area contributed by atoms with E-state index >= 15 is 0 Å². The first-order valence-corrected chi connectivity index (χ1v) is 14.6. The van der Waals surface area contributed by atoms with E-state index in [-0.39, 0.29) is 5.78 Å². The van der Waals surface area contributed by atoms with Crippen molar-refractivity contribution in [3.8, 4) is 0 Å². The minimum Gasteiger partial charge on any atom is -0.316 e. The van der Waals surface area contributed by atoms with E-state index in [4.69, 9.17) is 16.6 Å². The largest absolute Gasteiger partial charge is 0.316 e. The van der Waals surface area contributed by atoms with Gasteiger partial charge in [0.2, 0.25) is 5.78 Å². The number of Topliss-reactive ketones (excluding diaryl/α,β-unsaturated/α-hetero) is 1. The molecule has 3 aromatic heterocycles. The number of halogens is 1. The van der Waals surface area contributed by atoms with Gasteiger partial charge in [-0.2, -0.15) is 0 Å². The summed E-state index contributed by atoms with van der Waals surface area (Å²) >= 11 is 6.30. The van der Waals surface area contributed by atoms with Gasteiger partial charge in [0.15, 0.2) is 0 Å². The Morgan fingerprint density at radius 2 is 1.38 bits per heavy atom. The van der Waals surface area contributed by atoms with Crippen molar-refractivity contribution in [2.75, 3.05) is 0 Å². The van der Waals surface area contributed by atoms with Crippen LogP contribution in [0.4, 0.5) is 0 Å². The third kappa shape index (κ3) is 3.98. The van der Waals surface area contributed by atoms with Gasteiger partial charge in [0.1, 0.15) is 5.54 Å². The number of benzene rings is 3. The smallest absolute Gasteiger partial charge is 0.206 e. The molecule has 7 rings (SSSR count). The minimum atomic E-state index is -0.657. The molecular weight excluding hydrogens is 538 g/mol. The number of aryl methyl sites for hydroxylation is 1. The second-order valence-corrected chi connectivity index (χ2v) is 11.4. The summed E-state index contributed by atoms with van der Waals surface area (Å²) in [4.78, 5) is 18.9. The molecule has 0 amide bonds. The van der Waals surface area contributed by atoms with Crippen LogP contribution in [0, 0.1) is 13.8 Å². The summed E-state index contributed by atoms with van der Waals surface area (Å²) in [5.41, 5.74) is 9.26. The molecule has 3 heterocycles. The summed E-state index contributed by atoms with van der Waals surface area (Å²) in [6.07, 6.45) is 7.29. The SMILES string of the molecule is Cc1c2c(n3ccc(Cl)cc13)C(=O)C(=Cc1ncn(C(c3ccccc3)(c3ccccc3)c3ccccc3)c1C)CC2. The van der Waals surface area contributed by atoms with Crippen LogP contribution in [0.3, 0.4) is 0 Å². The summed E-state index contributed by atoms with van der Waals surface area (Å²) in [6.45, 7) is 4.18. The number of aromatic nitrogens is 3. The molecule has 0 N–H and O–H groups in total. The van der Waals surface area contributed by atoms with Gasteiger partial charge in [0.25, 0.3) is 0 Å². The molecule has 0 fully saturated rings. The van der Waals surface area contributed by atoms with Crippen LogP contribution in [0.5, 0.6) is 0 Å². The Morgan fingerprint density at radius 3 is 1.95 bits per heavy atom. The molecule has 0 unspecified atom stereocenters. The highest BCUT2D eigenvalue weighted by Gasteiger charge is 2.39. The normalized spacial score (nSPS) is 14.5. The Morgan fingerprint density at radius 1 is 0.810 bits per heavy atom. The van der Waals surface area contributed by atoms with Gasteiger partial charge < -0.3 is 8.97 Å². The van der Waals surface area contributed by atoms with Crippen molar-refractivity contribution in [2.24, 2.45) is 0 Å². The van der Waals surface area contributed by atoms with E-state index in [0.717, 1.165) is 62.4 Å². The van der Waals surface area contributed by atoms with Crippen molar-refractivity contribution in [2.45, 2.75) is 32.2 Å². The molecule has 4 nitrogen and oxygen atoms in total. The number of hydrogen-bond acceptors (Lipinski definition) is 2. The number of carbonyl (C=O) groups is 1. The Balaban J connectivity index is 1.41. The van der Waals surface area contributed by atoms with Crippen LogP contribution in [0.1, 0.15) is 56.1 Å². The number of imidazole rings is 1. The third-order valence-corrected chi connectivity index (χ3v) is 8.96. The van der Waals surface area contributed by atoms with Crippen LogP contribution in [0.2, 0.25) is 5.02 Å². The fourth-order valence-electron chi connectivity index (χ4n) is 6.67. The quantitative estimate of drug-likeness (QED) is 0.155. The lowest BCUT2D eigenvalue weighted by Gasteiger charge is -2.38.